The van der Waals surface area contributed by atoms with Gasteiger partial charge in [-0.05, 0) is 61.1 Å². The predicted octanol–water partition coefficient (Wildman–Crippen LogP) is 6.98. The van der Waals surface area contributed by atoms with Crippen molar-refractivity contribution >= 4 is 45.5 Å². The van der Waals surface area contributed by atoms with E-state index in [-0.39, 0.29) is 11.9 Å². The van der Waals surface area contributed by atoms with Gasteiger partial charge in [-0.3, -0.25) is 9.69 Å². The molecule has 2 aromatic carbocycles. The molecular formula is C25H23ClN2O2S. The maximum Gasteiger partial charge on any atom is 0.265 e. The Morgan fingerprint density at radius 1 is 1.00 bits per heavy atom. The lowest BCUT2D eigenvalue weighted by Gasteiger charge is -2.34. The molecule has 1 atom stereocenters. The molecule has 0 saturated carbocycles. The Morgan fingerprint density at radius 3 is 2.55 bits per heavy atom. The van der Waals surface area contributed by atoms with Crippen molar-refractivity contribution in [2.24, 2.45) is 0 Å². The minimum atomic E-state index is -0.167. The Balaban J connectivity index is 1.66. The van der Waals surface area contributed by atoms with Gasteiger partial charge in [-0.2, -0.15) is 0 Å². The van der Waals surface area contributed by atoms with E-state index in [1.165, 1.54) is 17.8 Å². The zero-order valence-electron chi connectivity index (χ0n) is 17.0. The quantitative estimate of drug-likeness (QED) is 0.357. The number of fused-ring (bicyclic) bond motifs is 1. The van der Waals surface area contributed by atoms with Gasteiger partial charge in [0.05, 0.1) is 16.6 Å². The molecule has 31 heavy (non-hydrogen) atoms. The molecule has 1 saturated heterocycles. The van der Waals surface area contributed by atoms with E-state index < -0.39 is 0 Å². The molecule has 1 aliphatic heterocycles. The maximum atomic E-state index is 13.0. The summed E-state index contributed by atoms with van der Waals surface area (Å²) in [7, 11) is 0. The zero-order chi connectivity index (χ0) is 21.2. The molecule has 1 aliphatic rings. The number of amides is 1. The van der Waals surface area contributed by atoms with Crippen molar-refractivity contribution in [1.29, 1.82) is 0 Å². The van der Waals surface area contributed by atoms with Crippen molar-refractivity contribution in [3.63, 3.8) is 0 Å². The number of hydrogen-bond acceptors (Lipinski definition) is 4. The van der Waals surface area contributed by atoms with Gasteiger partial charge < -0.3 is 9.73 Å². The van der Waals surface area contributed by atoms with Crippen LogP contribution in [0.2, 0.25) is 5.02 Å². The first-order valence-corrected chi connectivity index (χ1v) is 11.8. The van der Waals surface area contributed by atoms with Crippen molar-refractivity contribution in [3.05, 3.63) is 87.3 Å². The molecule has 0 unspecified atom stereocenters. The number of likely N-dealkylation sites (tertiary alicyclic amines) is 1. The SMILES string of the molecule is O=C(Nc1c([C@H](c2ccccc2Cl)N2CCCCC2)oc2ccccc12)c1cccs1. The number of nitrogens with one attached hydrogen (secondary N) is 1. The monoisotopic (exact) mass is 450 g/mol. The number of thiophene rings is 1. The van der Waals surface area contributed by atoms with Crippen LogP contribution in [0.25, 0.3) is 11.0 Å². The van der Waals surface area contributed by atoms with E-state index in [4.69, 9.17) is 16.0 Å². The van der Waals surface area contributed by atoms with Gasteiger partial charge in [0.2, 0.25) is 0 Å². The van der Waals surface area contributed by atoms with Gasteiger partial charge in [0.15, 0.2) is 5.76 Å². The molecule has 0 bridgehead atoms. The number of nitrogens with zero attached hydrogens (tertiary/aromatic N) is 1. The van der Waals surface area contributed by atoms with E-state index in [9.17, 15) is 4.79 Å². The van der Waals surface area contributed by atoms with Crippen LogP contribution in [0.5, 0.6) is 0 Å². The molecule has 0 radical (unpaired) electrons. The van der Waals surface area contributed by atoms with Gasteiger partial charge in [0.25, 0.3) is 5.91 Å². The van der Waals surface area contributed by atoms with Crippen LogP contribution in [0.1, 0.15) is 46.3 Å². The maximum absolute atomic E-state index is 13.0. The van der Waals surface area contributed by atoms with Gasteiger partial charge in [-0.25, -0.2) is 0 Å². The largest absolute Gasteiger partial charge is 0.457 e. The fraction of sp³-hybridized carbons (Fsp3) is 0.240. The second-order valence-corrected chi connectivity index (χ2v) is 9.14. The lowest BCUT2D eigenvalue weighted by atomic mass is 9.98. The molecule has 1 N–H and O–H groups in total. The third-order valence-electron chi connectivity index (χ3n) is 5.81. The summed E-state index contributed by atoms with van der Waals surface area (Å²) in [5, 5.41) is 6.66. The molecule has 4 nitrogen and oxygen atoms in total. The summed E-state index contributed by atoms with van der Waals surface area (Å²) in [6, 6.07) is 19.3. The number of halogens is 1. The van der Waals surface area contributed by atoms with Gasteiger partial charge in [0, 0.05) is 10.4 Å². The number of anilines is 1. The van der Waals surface area contributed by atoms with E-state index in [1.807, 2.05) is 60.0 Å². The molecular weight excluding hydrogens is 428 g/mol. The molecule has 1 amide bonds. The summed E-state index contributed by atoms with van der Waals surface area (Å²) < 4.78 is 6.43. The number of furan rings is 1. The van der Waals surface area contributed by atoms with Gasteiger partial charge >= 0.3 is 0 Å². The molecule has 0 aliphatic carbocycles. The molecule has 158 valence electrons. The van der Waals surface area contributed by atoms with Crippen LogP contribution in [0, 0.1) is 0 Å². The van der Waals surface area contributed by atoms with Crippen LogP contribution in [0.15, 0.2) is 70.5 Å². The smallest absolute Gasteiger partial charge is 0.265 e. The van der Waals surface area contributed by atoms with E-state index in [0.29, 0.717) is 9.90 Å². The molecule has 0 spiro atoms. The number of benzene rings is 2. The Morgan fingerprint density at radius 2 is 1.77 bits per heavy atom. The summed E-state index contributed by atoms with van der Waals surface area (Å²) in [6.45, 7) is 1.93. The second-order valence-electron chi connectivity index (χ2n) is 7.79. The lowest BCUT2D eigenvalue weighted by molar-refractivity contribution is 0.103. The molecule has 2 aromatic heterocycles. The zero-order valence-corrected chi connectivity index (χ0v) is 18.6. The summed E-state index contributed by atoms with van der Waals surface area (Å²) in [5.74, 6) is 0.612. The van der Waals surface area contributed by atoms with Crippen molar-refractivity contribution in [3.8, 4) is 0 Å². The first-order chi connectivity index (χ1) is 15.2. The number of rotatable bonds is 5. The van der Waals surface area contributed by atoms with Crippen LogP contribution in [-0.4, -0.2) is 23.9 Å². The Kier molecular flexibility index (Phi) is 5.81. The standard InChI is InChI=1S/C25H23ClN2O2S/c26-19-11-4-2-9-17(19)23(28-14-6-1-7-15-28)24-22(18-10-3-5-12-20(18)30-24)27-25(29)21-13-8-16-31-21/h2-5,8-13,16,23H,1,6-7,14-15H2,(H,27,29)/t23-/m0/s1. The summed E-state index contributed by atoms with van der Waals surface area (Å²) in [5.41, 5.74) is 2.48. The summed E-state index contributed by atoms with van der Waals surface area (Å²) in [6.07, 6.45) is 3.50. The highest BCUT2D eigenvalue weighted by Gasteiger charge is 2.32. The van der Waals surface area contributed by atoms with Crippen LogP contribution in [0.4, 0.5) is 5.69 Å². The Labute approximate surface area is 190 Å². The molecule has 3 heterocycles. The van der Waals surface area contributed by atoms with E-state index >= 15 is 0 Å². The van der Waals surface area contributed by atoms with Crippen LogP contribution in [0.3, 0.4) is 0 Å². The van der Waals surface area contributed by atoms with Gasteiger partial charge in [-0.1, -0.05) is 54.4 Å². The molecule has 1 fully saturated rings. The van der Waals surface area contributed by atoms with E-state index in [1.54, 1.807) is 0 Å². The molecule has 4 aromatic rings. The summed E-state index contributed by atoms with van der Waals surface area (Å²) >= 11 is 8.10. The molecule has 6 heteroatoms. The van der Waals surface area contributed by atoms with Crippen molar-refractivity contribution in [1.82, 2.24) is 4.90 Å². The normalized spacial score (nSPS) is 15.8. The highest BCUT2D eigenvalue weighted by Crippen LogP contribution is 2.43. The second kappa shape index (κ2) is 8.87. The number of para-hydroxylation sites is 1. The van der Waals surface area contributed by atoms with Crippen LogP contribution >= 0.6 is 22.9 Å². The number of carbonyl (C=O) groups is 1. The third-order valence-corrected chi connectivity index (χ3v) is 7.02. The van der Waals surface area contributed by atoms with E-state index in [2.05, 4.69) is 16.3 Å². The Hall–Kier alpha value is -2.60. The lowest BCUT2D eigenvalue weighted by Crippen LogP contribution is -2.34. The Bertz CT molecular complexity index is 1200. The average Bonchev–Trinajstić information content (AvgIpc) is 3.45. The van der Waals surface area contributed by atoms with E-state index in [0.717, 1.165) is 53.9 Å². The van der Waals surface area contributed by atoms with Crippen molar-refractivity contribution < 1.29 is 9.21 Å². The van der Waals surface area contributed by atoms with Gasteiger partial charge in [0.1, 0.15) is 5.58 Å². The third kappa shape index (κ3) is 4.01. The van der Waals surface area contributed by atoms with Crippen molar-refractivity contribution in [2.45, 2.75) is 25.3 Å². The highest BCUT2D eigenvalue weighted by molar-refractivity contribution is 7.12. The average molecular weight is 451 g/mol. The molecule has 5 rings (SSSR count). The number of hydrogen-bond donors (Lipinski definition) is 1. The van der Waals surface area contributed by atoms with Gasteiger partial charge in [-0.15, -0.1) is 11.3 Å². The predicted molar refractivity (Wildman–Crippen MR) is 127 cm³/mol. The first kappa shape index (κ1) is 20.3. The topological polar surface area (TPSA) is 45.5 Å². The minimum Gasteiger partial charge on any atom is -0.457 e. The summed E-state index contributed by atoms with van der Waals surface area (Å²) in [4.78, 5) is 16.1. The fourth-order valence-electron chi connectivity index (χ4n) is 4.35. The minimum absolute atomic E-state index is 0.126. The number of carbonyl (C=O) groups excluding carboxylic acids is 1. The van der Waals surface area contributed by atoms with Crippen LogP contribution in [-0.2, 0) is 0 Å². The number of piperidine rings is 1. The first-order valence-electron chi connectivity index (χ1n) is 10.6. The highest BCUT2D eigenvalue weighted by atomic mass is 35.5. The van der Waals surface area contributed by atoms with Crippen LogP contribution < -0.4 is 5.32 Å². The fourth-order valence-corrected chi connectivity index (χ4v) is 5.20. The van der Waals surface area contributed by atoms with Crippen molar-refractivity contribution in [2.75, 3.05) is 18.4 Å².